The van der Waals surface area contributed by atoms with Crippen LogP contribution in [0.4, 0.5) is 9.59 Å². The van der Waals surface area contributed by atoms with Crippen molar-refractivity contribution >= 4 is 103 Å². The van der Waals surface area contributed by atoms with Crippen LogP contribution in [0, 0.1) is 0 Å². The lowest BCUT2D eigenvalue weighted by atomic mass is 10.9. The lowest BCUT2D eigenvalue weighted by molar-refractivity contribution is 0.276. The Balaban J connectivity index is 1.51. The van der Waals surface area contributed by atoms with Gasteiger partial charge < -0.3 is 0 Å². The Morgan fingerprint density at radius 1 is 0.500 bits per heavy atom. The zero-order valence-electron chi connectivity index (χ0n) is 8.39. The molecule has 4 aliphatic heterocycles. The van der Waals surface area contributed by atoms with E-state index in [1.54, 1.807) is 0 Å². The van der Waals surface area contributed by atoms with Gasteiger partial charge in [-0.25, -0.2) is 0 Å². The maximum atomic E-state index is 11.3. The number of hydrogen-bond acceptors (Lipinski definition) is 10. The average molecular weight is 389 g/mol. The van der Waals surface area contributed by atoms with Crippen LogP contribution in [0.2, 0.25) is 0 Å². The van der Waals surface area contributed by atoms with E-state index in [-0.39, 0.29) is 8.89 Å². The van der Waals surface area contributed by atoms with Crippen molar-refractivity contribution < 1.29 is 9.59 Å². The highest BCUT2D eigenvalue weighted by molar-refractivity contribution is 8.55. The van der Waals surface area contributed by atoms with E-state index in [9.17, 15) is 9.59 Å². The second kappa shape index (κ2) is 5.26. The molecule has 0 N–H and O–H groups in total. The van der Waals surface area contributed by atoms with Crippen molar-refractivity contribution in [1.82, 2.24) is 0 Å². The summed E-state index contributed by atoms with van der Waals surface area (Å²) in [6, 6.07) is 0. The van der Waals surface area contributed by atoms with Crippen LogP contribution in [0.1, 0.15) is 0 Å². The van der Waals surface area contributed by atoms with Crippen LogP contribution < -0.4 is 0 Å². The first-order valence-electron chi connectivity index (χ1n) is 4.84. The molecule has 2 nitrogen and oxygen atoms in total. The lowest BCUT2D eigenvalue weighted by Crippen LogP contribution is -1.97. The summed E-state index contributed by atoms with van der Waals surface area (Å²) in [7, 11) is 0. The molecule has 4 saturated heterocycles. The van der Waals surface area contributed by atoms with Crippen molar-refractivity contribution in [2.45, 2.75) is 18.3 Å². The van der Waals surface area contributed by atoms with Gasteiger partial charge in [0.2, 0.25) is 8.89 Å². The van der Waals surface area contributed by atoms with E-state index in [1.807, 2.05) is 47.0 Å². The summed E-state index contributed by atoms with van der Waals surface area (Å²) in [5, 5.41) is 0. The Hall–Kier alpha value is 1.88. The van der Waals surface area contributed by atoms with Gasteiger partial charge in [-0.15, -0.1) is 47.0 Å². The fraction of sp³-hybridized carbons (Fsp3) is 0.500. The molecular formula is C8H4O2S8. The minimum absolute atomic E-state index is 0.259. The Morgan fingerprint density at radius 3 is 1.06 bits per heavy atom. The summed E-state index contributed by atoms with van der Waals surface area (Å²) in [4.78, 5) is 22.6. The molecule has 10 heteroatoms. The topological polar surface area (TPSA) is 34.1 Å². The van der Waals surface area contributed by atoms with Crippen LogP contribution in [0.3, 0.4) is 0 Å². The second-order valence-electron chi connectivity index (χ2n) is 3.49. The van der Waals surface area contributed by atoms with Crippen molar-refractivity contribution in [3.8, 4) is 0 Å². The predicted molar refractivity (Wildman–Crippen MR) is 93.7 cm³/mol. The van der Waals surface area contributed by atoms with Crippen LogP contribution >= 0.6 is 94.1 Å². The van der Waals surface area contributed by atoms with Gasteiger partial charge in [0.25, 0.3) is 0 Å². The Kier molecular flexibility index (Phi) is 3.95. The molecular weight excluding hydrogens is 385 g/mol. The van der Waals surface area contributed by atoms with Gasteiger partial charge in [0.1, 0.15) is 0 Å². The van der Waals surface area contributed by atoms with Crippen LogP contribution in [-0.2, 0) is 0 Å². The summed E-state index contributed by atoms with van der Waals surface area (Å²) in [5.74, 6) is 0. The van der Waals surface area contributed by atoms with Crippen LogP contribution in [0.5, 0.6) is 0 Å². The standard InChI is InChI=1S/C8H4O2S8/c9-7-15-3-4(16-7)12-1(11-3)2-13-5-6(14-2)18-8(10)17-5/h3-6H. The minimum Gasteiger partial charge on any atom is -0.274 e. The molecule has 0 radical (unpaired) electrons. The van der Waals surface area contributed by atoms with Gasteiger partial charge in [0.15, 0.2) is 0 Å². The minimum atomic E-state index is 0.259. The molecule has 4 unspecified atom stereocenters. The van der Waals surface area contributed by atoms with Gasteiger partial charge >= 0.3 is 0 Å². The first kappa shape index (κ1) is 13.5. The smallest absolute Gasteiger partial charge is 0.248 e. The van der Waals surface area contributed by atoms with Gasteiger partial charge in [0, 0.05) is 0 Å². The first-order valence-corrected chi connectivity index (χ1v) is 11.9. The highest BCUT2D eigenvalue weighted by atomic mass is 32.3. The maximum absolute atomic E-state index is 11.3. The molecule has 0 bridgehead atoms. The summed E-state index contributed by atoms with van der Waals surface area (Å²) in [6.07, 6.45) is 0. The molecule has 4 rings (SSSR count). The van der Waals surface area contributed by atoms with Crippen LogP contribution in [-0.4, -0.2) is 27.2 Å². The van der Waals surface area contributed by atoms with Gasteiger partial charge in [-0.2, -0.15) is 0 Å². The van der Waals surface area contributed by atoms with E-state index >= 15 is 0 Å². The molecule has 0 aliphatic carbocycles. The third-order valence-electron chi connectivity index (χ3n) is 2.35. The largest absolute Gasteiger partial charge is 0.274 e. The molecule has 0 amide bonds. The molecule has 4 heterocycles. The SMILES string of the molecule is O=C1SC2SC(=C3SC4SC(=O)SC4S3)SC2S1. The summed E-state index contributed by atoms with van der Waals surface area (Å²) in [5.41, 5.74) is 0. The number of fused-ring (bicyclic) bond motifs is 2. The van der Waals surface area contributed by atoms with E-state index in [2.05, 4.69) is 0 Å². The summed E-state index contributed by atoms with van der Waals surface area (Å²) >= 11 is 13.2. The van der Waals surface area contributed by atoms with Crippen molar-refractivity contribution in [2.75, 3.05) is 0 Å². The van der Waals surface area contributed by atoms with Gasteiger partial charge in [0.05, 0.1) is 26.8 Å². The Bertz CT molecular complexity index is 398. The zero-order valence-corrected chi connectivity index (χ0v) is 14.9. The van der Waals surface area contributed by atoms with Crippen molar-refractivity contribution in [3.63, 3.8) is 0 Å². The van der Waals surface area contributed by atoms with E-state index in [1.165, 1.54) is 55.5 Å². The van der Waals surface area contributed by atoms with Crippen LogP contribution in [0.15, 0.2) is 8.47 Å². The normalized spacial score (nSPS) is 42.9. The second-order valence-corrected chi connectivity index (χ2v) is 14.8. The summed E-state index contributed by atoms with van der Waals surface area (Å²) in [6.45, 7) is 0. The quantitative estimate of drug-likeness (QED) is 0.524. The van der Waals surface area contributed by atoms with Crippen molar-refractivity contribution in [2.24, 2.45) is 0 Å². The highest BCUT2D eigenvalue weighted by Gasteiger charge is 2.47. The molecule has 0 aromatic heterocycles. The Labute approximate surface area is 138 Å². The van der Waals surface area contributed by atoms with Crippen molar-refractivity contribution in [3.05, 3.63) is 8.47 Å². The van der Waals surface area contributed by atoms with Gasteiger partial charge in [-0.05, 0) is 0 Å². The van der Waals surface area contributed by atoms with Crippen molar-refractivity contribution in [1.29, 1.82) is 0 Å². The number of thioether (sulfide) groups is 8. The average Bonchev–Trinajstić information content (AvgIpc) is 2.94. The number of hydrogen-bond donors (Lipinski definition) is 0. The predicted octanol–water partition coefficient (Wildman–Crippen LogP) is 5.58. The third-order valence-corrected chi connectivity index (χ3v) is 15.3. The fourth-order valence-electron chi connectivity index (χ4n) is 1.65. The zero-order chi connectivity index (χ0) is 12.3. The third kappa shape index (κ3) is 2.42. The molecule has 4 atom stereocenters. The fourth-order valence-corrected chi connectivity index (χ4v) is 16.2. The van der Waals surface area contributed by atoms with Gasteiger partial charge in [-0.1, -0.05) is 47.0 Å². The molecule has 0 spiro atoms. The molecule has 0 saturated carbocycles. The molecule has 4 fully saturated rings. The summed E-state index contributed by atoms with van der Waals surface area (Å²) < 4.78 is 4.81. The molecule has 0 aromatic rings. The number of carbonyl (C=O) groups is 2. The molecule has 18 heavy (non-hydrogen) atoms. The van der Waals surface area contributed by atoms with E-state index in [0.29, 0.717) is 18.3 Å². The van der Waals surface area contributed by atoms with Gasteiger partial charge in [-0.3, -0.25) is 9.59 Å². The first-order chi connectivity index (χ1) is 8.69. The highest BCUT2D eigenvalue weighted by Crippen LogP contribution is 2.68. The Morgan fingerprint density at radius 2 is 0.778 bits per heavy atom. The maximum Gasteiger partial charge on any atom is 0.248 e. The van der Waals surface area contributed by atoms with Crippen LogP contribution in [0.25, 0.3) is 0 Å². The monoisotopic (exact) mass is 388 g/mol. The molecule has 4 aliphatic rings. The molecule has 0 aromatic carbocycles. The molecule has 96 valence electrons. The number of carbonyl (C=O) groups excluding carboxylic acids is 2. The van der Waals surface area contributed by atoms with E-state index in [0.717, 1.165) is 0 Å². The lowest BCUT2D eigenvalue weighted by Gasteiger charge is -2.03. The van der Waals surface area contributed by atoms with E-state index < -0.39 is 0 Å². The van der Waals surface area contributed by atoms with E-state index in [4.69, 9.17) is 0 Å². The number of rotatable bonds is 0.